The van der Waals surface area contributed by atoms with E-state index in [1.54, 1.807) is 13.8 Å². The SMILES string of the molecule is CC(C)CC(=O)c1c(O)c2c(c3c(-c4ccccc4)cc(=O)oc13)OC(C(C)(C)O)C2. The van der Waals surface area contributed by atoms with E-state index < -0.39 is 17.3 Å². The van der Waals surface area contributed by atoms with Crippen LogP contribution in [0.3, 0.4) is 0 Å². The second kappa shape index (κ2) is 7.54. The molecule has 0 saturated carbocycles. The second-order valence-electron chi connectivity index (χ2n) is 9.07. The molecule has 31 heavy (non-hydrogen) atoms. The molecular weight excluding hydrogens is 396 g/mol. The normalized spacial score (nSPS) is 15.9. The van der Waals surface area contributed by atoms with E-state index in [1.165, 1.54) is 6.07 Å². The van der Waals surface area contributed by atoms with Crippen molar-refractivity contribution in [3.63, 3.8) is 0 Å². The van der Waals surface area contributed by atoms with Crippen LogP contribution in [-0.2, 0) is 6.42 Å². The number of aliphatic hydroxyl groups is 1. The van der Waals surface area contributed by atoms with Crippen LogP contribution in [0.2, 0.25) is 0 Å². The summed E-state index contributed by atoms with van der Waals surface area (Å²) in [6.07, 6.45) is -0.200. The Hall–Kier alpha value is -3.12. The number of phenols is 1. The standard InChI is InChI=1S/C25H26O6/c1-13(2)10-17(26)21-22(28)16-11-18(25(3,4)29)30-23(16)20-15(12-19(27)31-24(20)21)14-8-6-5-7-9-14/h5-9,12-13,18,28-29H,10-11H2,1-4H3. The number of Topliss-reactive ketones (excluding diaryl/α,β-unsaturated/α-hetero) is 1. The predicted molar refractivity (Wildman–Crippen MR) is 118 cm³/mol. The summed E-state index contributed by atoms with van der Waals surface area (Å²) in [7, 11) is 0. The highest BCUT2D eigenvalue weighted by Crippen LogP contribution is 2.49. The lowest BCUT2D eigenvalue weighted by atomic mass is 9.90. The topological polar surface area (TPSA) is 97.0 Å². The van der Waals surface area contributed by atoms with Crippen LogP contribution in [0.4, 0.5) is 0 Å². The number of benzene rings is 2. The van der Waals surface area contributed by atoms with E-state index >= 15 is 0 Å². The average molecular weight is 422 g/mol. The van der Waals surface area contributed by atoms with Gasteiger partial charge in [-0.3, -0.25) is 4.79 Å². The molecule has 1 atom stereocenters. The summed E-state index contributed by atoms with van der Waals surface area (Å²) in [4.78, 5) is 25.6. The summed E-state index contributed by atoms with van der Waals surface area (Å²) >= 11 is 0. The van der Waals surface area contributed by atoms with E-state index in [4.69, 9.17) is 9.15 Å². The minimum atomic E-state index is -1.18. The van der Waals surface area contributed by atoms with Crippen molar-refractivity contribution in [3.05, 3.63) is 57.9 Å². The minimum absolute atomic E-state index is 0.00247. The third kappa shape index (κ3) is 3.72. The number of carbonyl (C=O) groups excluding carboxylic acids is 1. The van der Waals surface area contributed by atoms with Crippen molar-refractivity contribution in [3.8, 4) is 22.6 Å². The van der Waals surface area contributed by atoms with Crippen molar-refractivity contribution in [2.24, 2.45) is 5.92 Å². The Balaban J connectivity index is 2.10. The van der Waals surface area contributed by atoms with Crippen LogP contribution in [0.25, 0.3) is 22.1 Å². The average Bonchev–Trinajstić information content (AvgIpc) is 3.14. The highest BCUT2D eigenvalue weighted by atomic mass is 16.5. The fraction of sp³-hybridized carbons (Fsp3) is 0.360. The first-order valence-corrected chi connectivity index (χ1v) is 10.4. The van der Waals surface area contributed by atoms with E-state index in [2.05, 4.69) is 0 Å². The van der Waals surface area contributed by atoms with Crippen LogP contribution in [0.15, 0.2) is 45.6 Å². The maximum Gasteiger partial charge on any atom is 0.336 e. The Bertz CT molecular complexity index is 1210. The summed E-state index contributed by atoms with van der Waals surface area (Å²) in [5.41, 5.74) is -0.0346. The molecule has 162 valence electrons. The summed E-state index contributed by atoms with van der Waals surface area (Å²) in [5, 5.41) is 22.1. The number of rotatable bonds is 5. The van der Waals surface area contributed by atoms with Crippen LogP contribution >= 0.6 is 0 Å². The van der Waals surface area contributed by atoms with Gasteiger partial charge in [-0.05, 0) is 25.3 Å². The molecule has 3 aromatic rings. The van der Waals surface area contributed by atoms with Gasteiger partial charge in [0.25, 0.3) is 0 Å². The monoisotopic (exact) mass is 422 g/mol. The van der Waals surface area contributed by atoms with Gasteiger partial charge in [0.1, 0.15) is 23.2 Å². The van der Waals surface area contributed by atoms with Gasteiger partial charge in [0.05, 0.1) is 11.0 Å². The highest BCUT2D eigenvalue weighted by molar-refractivity contribution is 6.14. The number of ketones is 1. The van der Waals surface area contributed by atoms with Crippen LogP contribution < -0.4 is 10.4 Å². The summed E-state index contributed by atoms with van der Waals surface area (Å²) in [6, 6.07) is 10.6. The smallest absolute Gasteiger partial charge is 0.336 e. The van der Waals surface area contributed by atoms with Crippen molar-refractivity contribution < 1.29 is 24.2 Å². The van der Waals surface area contributed by atoms with Crippen LogP contribution in [0.1, 0.15) is 50.0 Å². The molecular formula is C25H26O6. The Kier molecular flexibility index (Phi) is 5.13. The maximum atomic E-state index is 13.1. The molecule has 2 aromatic carbocycles. The van der Waals surface area contributed by atoms with E-state index in [9.17, 15) is 19.8 Å². The van der Waals surface area contributed by atoms with Gasteiger partial charge in [0, 0.05) is 30.0 Å². The molecule has 0 aliphatic carbocycles. The molecule has 0 bridgehead atoms. The Morgan fingerprint density at radius 1 is 1.23 bits per heavy atom. The lowest BCUT2D eigenvalue weighted by molar-refractivity contribution is -0.0225. The Labute approximate surface area is 180 Å². The van der Waals surface area contributed by atoms with Crippen molar-refractivity contribution in [2.75, 3.05) is 0 Å². The fourth-order valence-corrected chi connectivity index (χ4v) is 4.07. The van der Waals surface area contributed by atoms with Gasteiger partial charge in [0.15, 0.2) is 11.4 Å². The van der Waals surface area contributed by atoms with Crippen molar-refractivity contribution >= 4 is 16.8 Å². The molecule has 2 heterocycles. The number of fused-ring (bicyclic) bond motifs is 3. The Morgan fingerprint density at radius 2 is 1.90 bits per heavy atom. The zero-order chi connectivity index (χ0) is 22.5. The summed E-state index contributed by atoms with van der Waals surface area (Å²) in [5.74, 6) is -0.156. The largest absolute Gasteiger partial charge is 0.507 e. The zero-order valence-corrected chi connectivity index (χ0v) is 18.1. The third-order valence-electron chi connectivity index (χ3n) is 5.61. The maximum absolute atomic E-state index is 13.1. The summed E-state index contributed by atoms with van der Waals surface area (Å²) < 4.78 is 11.6. The van der Waals surface area contributed by atoms with Crippen molar-refractivity contribution in [1.82, 2.24) is 0 Å². The molecule has 1 aliphatic heterocycles. The fourth-order valence-electron chi connectivity index (χ4n) is 4.07. The van der Waals surface area contributed by atoms with Gasteiger partial charge in [-0.25, -0.2) is 4.79 Å². The van der Waals surface area contributed by atoms with Crippen molar-refractivity contribution in [2.45, 2.75) is 52.2 Å². The predicted octanol–water partition coefficient (Wildman–Crippen LogP) is 4.47. The van der Waals surface area contributed by atoms with Crippen LogP contribution in [0.5, 0.6) is 11.5 Å². The molecule has 6 nitrogen and oxygen atoms in total. The minimum Gasteiger partial charge on any atom is -0.507 e. The molecule has 4 rings (SSSR count). The first-order chi connectivity index (χ1) is 14.6. The number of carbonyl (C=O) groups is 1. The van der Waals surface area contributed by atoms with Gasteiger partial charge in [-0.15, -0.1) is 0 Å². The molecule has 1 aliphatic rings. The molecule has 0 spiro atoms. The first-order valence-electron chi connectivity index (χ1n) is 10.4. The van der Waals surface area contributed by atoms with Gasteiger partial charge < -0.3 is 19.4 Å². The number of hydrogen-bond acceptors (Lipinski definition) is 6. The lowest BCUT2D eigenvalue weighted by Gasteiger charge is -2.24. The third-order valence-corrected chi connectivity index (χ3v) is 5.61. The molecule has 0 amide bonds. The van der Waals surface area contributed by atoms with Crippen LogP contribution in [-0.4, -0.2) is 27.7 Å². The number of hydrogen-bond donors (Lipinski definition) is 2. The first kappa shape index (κ1) is 21.1. The second-order valence-corrected chi connectivity index (χ2v) is 9.07. The van der Waals surface area contributed by atoms with Gasteiger partial charge >= 0.3 is 5.63 Å². The van der Waals surface area contributed by atoms with Crippen LogP contribution in [0, 0.1) is 5.92 Å². The molecule has 1 aromatic heterocycles. The molecule has 0 saturated heterocycles. The van der Waals surface area contributed by atoms with E-state index in [-0.39, 0.29) is 41.4 Å². The lowest BCUT2D eigenvalue weighted by Crippen LogP contribution is -2.39. The van der Waals surface area contributed by atoms with Gasteiger partial charge in [-0.2, -0.15) is 0 Å². The molecule has 1 unspecified atom stereocenters. The molecule has 2 N–H and O–H groups in total. The van der Waals surface area contributed by atoms with E-state index in [0.29, 0.717) is 22.3 Å². The zero-order valence-electron chi connectivity index (χ0n) is 18.1. The molecule has 0 radical (unpaired) electrons. The quantitative estimate of drug-likeness (QED) is 0.465. The summed E-state index contributed by atoms with van der Waals surface area (Å²) in [6.45, 7) is 7.07. The highest BCUT2D eigenvalue weighted by Gasteiger charge is 2.40. The number of ether oxygens (including phenoxy) is 1. The van der Waals surface area contributed by atoms with Crippen molar-refractivity contribution in [1.29, 1.82) is 0 Å². The molecule has 6 heteroatoms. The van der Waals surface area contributed by atoms with E-state index in [1.807, 2.05) is 44.2 Å². The van der Waals surface area contributed by atoms with Gasteiger partial charge in [0.2, 0.25) is 0 Å². The van der Waals surface area contributed by atoms with Gasteiger partial charge in [-0.1, -0.05) is 44.2 Å². The number of aromatic hydroxyl groups is 1. The Morgan fingerprint density at radius 3 is 2.52 bits per heavy atom. The number of phenolic OH excluding ortho intramolecular Hbond substituents is 1. The van der Waals surface area contributed by atoms with E-state index in [0.717, 1.165) is 5.56 Å². The molecule has 0 fully saturated rings.